The van der Waals surface area contributed by atoms with Crippen LogP contribution in [0.3, 0.4) is 0 Å². The van der Waals surface area contributed by atoms with Gasteiger partial charge in [-0.1, -0.05) is 24.3 Å². The maximum Gasteiger partial charge on any atom is 0.118 e. The van der Waals surface area contributed by atoms with Gasteiger partial charge in [-0.15, -0.1) is 0 Å². The van der Waals surface area contributed by atoms with Crippen LogP contribution in [0.2, 0.25) is 0 Å². The highest BCUT2D eigenvalue weighted by Gasteiger charge is 1.96. The maximum absolute atomic E-state index is 8.73. The van der Waals surface area contributed by atoms with E-state index in [-0.39, 0.29) is 0 Å². The summed E-state index contributed by atoms with van der Waals surface area (Å²) in [6, 6.07) is 17.9. The lowest BCUT2D eigenvalue weighted by Gasteiger charge is -2.06. The third-order valence-electron chi connectivity index (χ3n) is 3.16. The van der Waals surface area contributed by atoms with Gasteiger partial charge in [-0.3, -0.25) is 0 Å². The fourth-order valence-electron chi connectivity index (χ4n) is 1.95. The second-order valence-corrected chi connectivity index (χ2v) is 4.58. The SMILES string of the molecule is COc1ccc(CCNCc2ccc(C#N)cc2)cc1. The molecule has 3 nitrogen and oxygen atoms in total. The standard InChI is InChI=1S/C17H18N2O/c1-20-17-8-6-14(7-9-17)10-11-19-13-16-4-2-15(12-18)3-5-16/h2-9,19H,10-11,13H2,1H3. The molecular formula is C17H18N2O. The van der Waals surface area contributed by atoms with Crippen molar-refractivity contribution >= 4 is 0 Å². The van der Waals surface area contributed by atoms with Gasteiger partial charge in [0, 0.05) is 6.54 Å². The summed E-state index contributed by atoms with van der Waals surface area (Å²) in [7, 11) is 1.67. The predicted octanol–water partition coefficient (Wildman–Crippen LogP) is 2.90. The summed E-state index contributed by atoms with van der Waals surface area (Å²) in [5, 5.41) is 12.1. The first-order valence-corrected chi connectivity index (χ1v) is 6.64. The maximum atomic E-state index is 8.73. The van der Waals surface area contributed by atoms with Crippen LogP contribution < -0.4 is 10.1 Å². The zero-order valence-electron chi connectivity index (χ0n) is 11.6. The summed E-state index contributed by atoms with van der Waals surface area (Å²) in [5.74, 6) is 0.888. The highest BCUT2D eigenvalue weighted by molar-refractivity contribution is 5.31. The lowest BCUT2D eigenvalue weighted by molar-refractivity contribution is 0.414. The monoisotopic (exact) mass is 266 g/mol. The van der Waals surface area contributed by atoms with Crippen molar-refractivity contribution in [2.24, 2.45) is 0 Å². The fraction of sp³-hybridized carbons (Fsp3) is 0.235. The van der Waals surface area contributed by atoms with Crippen molar-refractivity contribution in [3.8, 4) is 11.8 Å². The fourth-order valence-corrected chi connectivity index (χ4v) is 1.95. The van der Waals surface area contributed by atoms with E-state index in [0.29, 0.717) is 5.56 Å². The van der Waals surface area contributed by atoms with E-state index in [1.54, 1.807) is 7.11 Å². The molecule has 0 aliphatic heterocycles. The zero-order chi connectivity index (χ0) is 14.2. The van der Waals surface area contributed by atoms with Crippen molar-refractivity contribution in [3.05, 3.63) is 65.2 Å². The average Bonchev–Trinajstić information content (AvgIpc) is 2.53. The first kappa shape index (κ1) is 14.1. The van der Waals surface area contributed by atoms with Crippen molar-refractivity contribution in [3.63, 3.8) is 0 Å². The average molecular weight is 266 g/mol. The molecule has 20 heavy (non-hydrogen) atoms. The van der Waals surface area contributed by atoms with Crippen molar-refractivity contribution < 1.29 is 4.74 Å². The molecule has 0 fully saturated rings. The Morgan fingerprint density at radius 3 is 2.25 bits per heavy atom. The molecule has 0 saturated carbocycles. The summed E-state index contributed by atoms with van der Waals surface area (Å²) in [6.45, 7) is 1.74. The molecule has 0 unspecified atom stereocenters. The highest BCUT2D eigenvalue weighted by Crippen LogP contribution is 2.11. The Balaban J connectivity index is 1.74. The van der Waals surface area contributed by atoms with Gasteiger partial charge in [-0.05, 0) is 48.4 Å². The van der Waals surface area contributed by atoms with Crippen LogP contribution in [0.1, 0.15) is 16.7 Å². The van der Waals surface area contributed by atoms with Gasteiger partial charge in [-0.25, -0.2) is 0 Å². The second-order valence-electron chi connectivity index (χ2n) is 4.58. The lowest BCUT2D eigenvalue weighted by Crippen LogP contribution is -2.16. The van der Waals surface area contributed by atoms with Crippen molar-refractivity contribution in [2.75, 3.05) is 13.7 Å². The van der Waals surface area contributed by atoms with E-state index >= 15 is 0 Å². The quantitative estimate of drug-likeness (QED) is 0.818. The number of methoxy groups -OCH3 is 1. The minimum atomic E-state index is 0.701. The van der Waals surface area contributed by atoms with E-state index in [1.807, 2.05) is 36.4 Å². The van der Waals surface area contributed by atoms with Crippen LogP contribution in [-0.4, -0.2) is 13.7 Å². The van der Waals surface area contributed by atoms with E-state index < -0.39 is 0 Å². The van der Waals surface area contributed by atoms with E-state index in [9.17, 15) is 0 Å². The van der Waals surface area contributed by atoms with E-state index in [2.05, 4.69) is 23.5 Å². The number of nitrogens with zero attached hydrogens (tertiary/aromatic N) is 1. The van der Waals surface area contributed by atoms with Crippen molar-refractivity contribution in [1.29, 1.82) is 5.26 Å². The van der Waals surface area contributed by atoms with E-state index in [0.717, 1.165) is 25.3 Å². The summed E-state index contributed by atoms with van der Waals surface area (Å²) >= 11 is 0. The third kappa shape index (κ3) is 4.11. The Morgan fingerprint density at radius 2 is 1.65 bits per heavy atom. The predicted molar refractivity (Wildman–Crippen MR) is 79.6 cm³/mol. The molecule has 0 amide bonds. The van der Waals surface area contributed by atoms with Gasteiger partial charge in [0.05, 0.1) is 18.7 Å². The van der Waals surface area contributed by atoms with Crippen LogP contribution in [0.5, 0.6) is 5.75 Å². The third-order valence-corrected chi connectivity index (χ3v) is 3.16. The van der Waals surface area contributed by atoms with Crippen LogP contribution in [0.15, 0.2) is 48.5 Å². The van der Waals surface area contributed by atoms with Gasteiger partial charge in [0.25, 0.3) is 0 Å². The molecule has 0 heterocycles. The zero-order valence-corrected chi connectivity index (χ0v) is 11.6. The first-order valence-electron chi connectivity index (χ1n) is 6.64. The number of benzene rings is 2. The number of hydrogen-bond acceptors (Lipinski definition) is 3. The molecule has 0 spiro atoms. The van der Waals surface area contributed by atoms with Gasteiger partial charge in [0.1, 0.15) is 5.75 Å². The second kappa shape index (κ2) is 7.32. The number of hydrogen-bond donors (Lipinski definition) is 1. The Morgan fingerprint density at radius 1 is 1.00 bits per heavy atom. The van der Waals surface area contributed by atoms with Gasteiger partial charge >= 0.3 is 0 Å². The minimum absolute atomic E-state index is 0.701. The van der Waals surface area contributed by atoms with Gasteiger partial charge in [0.15, 0.2) is 0 Å². The van der Waals surface area contributed by atoms with Crippen molar-refractivity contribution in [2.45, 2.75) is 13.0 Å². The topological polar surface area (TPSA) is 45.0 Å². The normalized spacial score (nSPS) is 10.0. The lowest BCUT2D eigenvalue weighted by atomic mass is 10.1. The van der Waals surface area contributed by atoms with Crippen LogP contribution >= 0.6 is 0 Å². The summed E-state index contributed by atoms with van der Waals surface area (Å²) in [4.78, 5) is 0. The Hall–Kier alpha value is -2.31. The number of ether oxygens (including phenoxy) is 1. The molecule has 0 aromatic heterocycles. The molecule has 0 atom stereocenters. The number of nitriles is 1. The largest absolute Gasteiger partial charge is 0.497 e. The van der Waals surface area contributed by atoms with Crippen LogP contribution in [0, 0.1) is 11.3 Å². The highest BCUT2D eigenvalue weighted by atomic mass is 16.5. The molecule has 2 aromatic carbocycles. The molecular weight excluding hydrogens is 248 g/mol. The van der Waals surface area contributed by atoms with Crippen LogP contribution in [0.25, 0.3) is 0 Å². The molecule has 2 rings (SSSR count). The minimum Gasteiger partial charge on any atom is -0.497 e. The smallest absolute Gasteiger partial charge is 0.118 e. The van der Waals surface area contributed by atoms with Crippen LogP contribution in [-0.2, 0) is 13.0 Å². The molecule has 102 valence electrons. The molecule has 3 heteroatoms. The summed E-state index contributed by atoms with van der Waals surface area (Å²) in [5.41, 5.74) is 3.18. The first-order chi connectivity index (χ1) is 9.81. The molecule has 0 radical (unpaired) electrons. The van der Waals surface area contributed by atoms with Gasteiger partial charge < -0.3 is 10.1 Å². The summed E-state index contributed by atoms with van der Waals surface area (Å²) in [6.07, 6.45) is 0.986. The van der Waals surface area contributed by atoms with Gasteiger partial charge in [0.2, 0.25) is 0 Å². The van der Waals surface area contributed by atoms with E-state index in [1.165, 1.54) is 11.1 Å². The molecule has 0 saturated heterocycles. The van der Waals surface area contributed by atoms with E-state index in [4.69, 9.17) is 10.00 Å². The Bertz CT molecular complexity index is 567. The Kier molecular flexibility index (Phi) is 5.16. The van der Waals surface area contributed by atoms with Crippen molar-refractivity contribution in [1.82, 2.24) is 5.32 Å². The van der Waals surface area contributed by atoms with Gasteiger partial charge in [-0.2, -0.15) is 5.26 Å². The molecule has 0 aliphatic rings. The van der Waals surface area contributed by atoms with Crippen LogP contribution in [0.4, 0.5) is 0 Å². The molecule has 0 aliphatic carbocycles. The number of rotatable bonds is 6. The summed E-state index contributed by atoms with van der Waals surface area (Å²) < 4.78 is 5.13. The molecule has 2 aromatic rings. The Labute approximate surface area is 119 Å². The number of nitrogens with one attached hydrogen (secondary N) is 1. The molecule has 1 N–H and O–H groups in total. The molecule has 0 bridgehead atoms.